The van der Waals surface area contributed by atoms with Gasteiger partial charge in [0.15, 0.2) is 0 Å². The second kappa shape index (κ2) is 5.96. The van der Waals surface area contributed by atoms with Gasteiger partial charge in [-0.25, -0.2) is 0 Å². The van der Waals surface area contributed by atoms with Gasteiger partial charge >= 0.3 is 0 Å². The number of rotatable bonds is 4. The molecule has 18 heavy (non-hydrogen) atoms. The highest BCUT2D eigenvalue weighted by atomic mass is 16.1. The van der Waals surface area contributed by atoms with Gasteiger partial charge in [-0.1, -0.05) is 12.1 Å². The summed E-state index contributed by atoms with van der Waals surface area (Å²) in [5.41, 5.74) is 3.40. The van der Waals surface area contributed by atoms with E-state index in [1.807, 2.05) is 48.8 Å². The molecule has 0 saturated carbocycles. The average molecular weight is 240 g/mol. The number of anilines is 1. The molecule has 1 heterocycles. The van der Waals surface area contributed by atoms with Gasteiger partial charge in [0.05, 0.1) is 0 Å². The fraction of sp³-hybridized carbons (Fsp3) is 0.200. The van der Waals surface area contributed by atoms with Crippen LogP contribution in [0.5, 0.6) is 0 Å². The fourth-order valence-electron chi connectivity index (χ4n) is 1.80. The Kier molecular flexibility index (Phi) is 4.07. The highest BCUT2D eigenvalue weighted by Crippen LogP contribution is 2.11. The molecule has 0 aliphatic heterocycles. The first-order chi connectivity index (χ1) is 8.74. The Hall–Kier alpha value is -2.16. The van der Waals surface area contributed by atoms with Crippen molar-refractivity contribution in [3.8, 4) is 0 Å². The Morgan fingerprint density at radius 2 is 1.56 bits per heavy atom. The van der Waals surface area contributed by atoms with Gasteiger partial charge in [-0.05, 0) is 48.2 Å². The van der Waals surface area contributed by atoms with Crippen LogP contribution in [0.15, 0.2) is 48.8 Å². The lowest BCUT2D eigenvalue weighted by atomic mass is 10.1. The largest absolute Gasteiger partial charge is 0.326 e. The van der Waals surface area contributed by atoms with Crippen molar-refractivity contribution >= 4 is 11.6 Å². The highest BCUT2D eigenvalue weighted by Gasteiger charge is 1.98. The Bertz CT molecular complexity index is 506. The first-order valence-electron chi connectivity index (χ1n) is 5.99. The van der Waals surface area contributed by atoms with E-state index in [2.05, 4.69) is 10.3 Å². The summed E-state index contributed by atoms with van der Waals surface area (Å²) in [6.07, 6.45) is 5.62. The van der Waals surface area contributed by atoms with Crippen molar-refractivity contribution in [1.82, 2.24) is 4.98 Å². The molecule has 0 aliphatic rings. The molecule has 0 fully saturated rings. The van der Waals surface area contributed by atoms with Gasteiger partial charge in [-0.3, -0.25) is 9.78 Å². The molecule has 0 unspecified atom stereocenters. The first-order valence-corrected chi connectivity index (χ1v) is 5.99. The van der Waals surface area contributed by atoms with Crippen LogP contribution < -0.4 is 5.32 Å². The van der Waals surface area contributed by atoms with Gasteiger partial charge in [0.1, 0.15) is 0 Å². The second-order valence-electron chi connectivity index (χ2n) is 4.23. The molecule has 3 heteroatoms. The van der Waals surface area contributed by atoms with E-state index in [0.29, 0.717) is 0 Å². The van der Waals surface area contributed by atoms with Crippen LogP contribution in [0.25, 0.3) is 0 Å². The predicted molar refractivity (Wildman–Crippen MR) is 72.4 cm³/mol. The summed E-state index contributed by atoms with van der Waals surface area (Å²) >= 11 is 0. The molecule has 2 aromatic rings. The van der Waals surface area contributed by atoms with Crippen molar-refractivity contribution in [2.45, 2.75) is 19.8 Å². The first kappa shape index (κ1) is 12.3. The lowest BCUT2D eigenvalue weighted by Crippen LogP contribution is -2.05. The highest BCUT2D eigenvalue weighted by molar-refractivity contribution is 5.88. The molecular weight excluding hydrogens is 224 g/mol. The minimum absolute atomic E-state index is 0.0421. The monoisotopic (exact) mass is 240 g/mol. The molecule has 92 valence electrons. The summed E-state index contributed by atoms with van der Waals surface area (Å²) in [4.78, 5) is 14.9. The lowest BCUT2D eigenvalue weighted by molar-refractivity contribution is -0.114. The summed E-state index contributed by atoms with van der Waals surface area (Å²) in [6.45, 7) is 1.51. The minimum atomic E-state index is -0.0421. The van der Waals surface area contributed by atoms with Crippen molar-refractivity contribution in [3.63, 3.8) is 0 Å². The average Bonchev–Trinajstić information content (AvgIpc) is 2.38. The van der Waals surface area contributed by atoms with Crippen LogP contribution in [0, 0.1) is 0 Å². The van der Waals surface area contributed by atoms with Crippen LogP contribution >= 0.6 is 0 Å². The smallest absolute Gasteiger partial charge is 0.221 e. The maximum Gasteiger partial charge on any atom is 0.221 e. The molecule has 1 aromatic heterocycles. The number of aryl methyl sites for hydroxylation is 2. The zero-order valence-electron chi connectivity index (χ0n) is 10.4. The molecular formula is C15H16N2O. The summed E-state index contributed by atoms with van der Waals surface area (Å²) in [7, 11) is 0. The quantitative estimate of drug-likeness (QED) is 0.892. The maximum atomic E-state index is 10.9. The number of nitrogens with zero attached hydrogens (tertiary/aromatic N) is 1. The summed E-state index contributed by atoms with van der Waals surface area (Å²) in [5, 5.41) is 2.76. The molecule has 0 radical (unpaired) electrons. The molecule has 0 spiro atoms. The van der Waals surface area contributed by atoms with Gasteiger partial charge in [0.2, 0.25) is 5.91 Å². The van der Waals surface area contributed by atoms with Crippen LogP contribution in [0.3, 0.4) is 0 Å². The topological polar surface area (TPSA) is 42.0 Å². The third-order valence-electron chi connectivity index (χ3n) is 2.73. The number of aromatic nitrogens is 1. The molecule has 0 saturated heterocycles. The second-order valence-corrected chi connectivity index (χ2v) is 4.23. The Balaban J connectivity index is 1.92. The van der Waals surface area contributed by atoms with Crippen molar-refractivity contribution < 1.29 is 4.79 Å². The van der Waals surface area contributed by atoms with E-state index in [4.69, 9.17) is 0 Å². The molecule has 0 bridgehead atoms. The molecule has 2 rings (SSSR count). The Morgan fingerprint density at radius 3 is 2.11 bits per heavy atom. The number of nitrogens with one attached hydrogen (secondary N) is 1. The van der Waals surface area contributed by atoms with E-state index in [9.17, 15) is 4.79 Å². The van der Waals surface area contributed by atoms with Crippen LogP contribution in [-0.4, -0.2) is 10.9 Å². The predicted octanol–water partition coefficient (Wildman–Crippen LogP) is 2.83. The van der Waals surface area contributed by atoms with Crippen LogP contribution in [0.1, 0.15) is 18.1 Å². The minimum Gasteiger partial charge on any atom is -0.326 e. The lowest BCUT2D eigenvalue weighted by Gasteiger charge is -2.05. The summed E-state index contributed by atoms with van der Waals surface area (Å²) in [6, 6.07) is 12.0. The van der Waals surface area contributed by atoms with Gasteiger partial charge in [0.25, 0.3) is 0 Å². The Labute approximate surface area is 107 Å². The van der Waals surface area contributed by atoms with Crippen LogP contribution in [0.2, 0.25) is 0 Å². The molecule has 0 atom stereocenters. The molecule has 1 amide bonds. The van der Waals surface area contributed by atoms with Crippen molar-refractivity contribution in [2.24, 2.45) is 0 Å². The normalized spacial score (nSPS) is 10.1. The molecule has 1 aromatic carbocycles. The third kappa shape index (κ3) is 3.70. The number of carbonyl (C=O) groups excluding carboxylic acids is 1. The van der Waals surface area contributed by atoms with Gasteiger partial charge in [-0.2, -0.15) is 0 Å². The van der Waals surface area contributed by atoms with Gasteiger partial charge in [-0.15, -0.1) is 0 Å². The van der Waals surface area contributed by atoms with Gasteiger partial charge < -0.3 is 5.32 Å². The van der Waals surface area contributed by atoms with Crippen molar-refractivity contribution in [3.05, 3.63) is 59.9 Å². The zero-order chi connectivity index (χ0) is 12.8. The zero-order valence-corrected chi connectivity index (χ0v) is 10.4. The number of pyridine rings is 1. The maximum absolute atomic E-state index is 10.9. The van der Waals surface area contributed by atoms with E-state index >= 15 is 0 Å². The van der Waals surface area contributed by atoms with Crippen molar-refractivity contribution in [1.29, 1.82) is 0 Å². The van der Waals surface area contributed by atoms with E-state index in [-0.39, 0.29) is 5.91 Å². The van der Waals surface area contributed by atoms with Crippen LogP contribution in [-0.2, 0) is 17.6 Å². The molecule has 0 aliphatic carbocycles. The van der Waals surface area contributed by atoms with Crippen molar-refractivity contribution in [2.75, 3.05) is 5.32 Å². The summed E-state index contributed by atoms with van der Waals surface area (Å²) < 4.78 is 0. The van der Waals surface area contributed by atoms with Gasteiger partial charge in [0, 0.05) is 25.0 Å². The van der Waals surface area contributed by atoms with E-state index < -0.39 is 0 Å². The van der Waals surface area contributed by atoms with Crippen LogP contribution in [0.4, 0.5) is 5.69 Å². The van der Waals surface area contributed by atoms with E-state index in [1.165, 1.54) is 18.1 Å². The molecule has 3 nitrogen and oxygen atoms in total. The number of carbonyl (C=O) groups is 1. The SMILES string of the molecule is CC(=O)Nc1ccc(CCc2ccncc2)cc1. The van der Waals surface area contributed by atoms with E-state index in [1.54, 1.807) is 0 Å². The third-order valence-corrected chi connectivity index (χ3v) is 2.73. The number of amides is 1. The Morgan fingerprint density at radius 1 is 1.00 bits per heavy atom. The summed E-state index contributed by atoms with van der Waals surface area (Å²) in [5.74, 6) is -0.0421. The molecule has 1 N–H and O–H groups in total. The van der Waals surface area contributed by atoms with E-state index in [0.717, 1.165) is 18.5 Å². The fourth-order valence-corrected chi connectivity index (χ4v) is 1.80. The standard InChI is InChI=1S/C15H16N2O/c1-12(18)17-15-6-4-13(5-7-15)2-3-14-8-10-16-11-9-14/h4-11H,2-3H2,1H3,(H,17,18). The number of benzene rings is 1. The number of hydrogen-bond acceptors (Lipinski definition) is 2. The number of hydrogen-bond donors (Lipinski definition) is 1.